The highest BCUT2D eigenvalue weighted by Gasteiger charge is 2.23. The van der Waals surface area contributed by atoms with Crippen LogP contribution in [-0.4, -0.2) is 27.4 Å². The summed E-state index contributed by atoms with van der Waals surface area (Å²) in [4.78, 5) is 0. The average molecular weight is 293 g/mol. The number of nitrogens with two attached hydrogens (primary N) is 1. The van der Waals surface area contributed by atoms with Crippen LogP contribution in [0.5, 0.6) is 11.5 Å². The third-order valence-electron chi connectivity index (χ3n) is 4.42. The lowest BCUT2D eigenvalue weighted by atomic mass is 9.80. The van der Waals surface area contributed by atoms with Crippen molar-refractivity contribution >= 4 is 0 Å². The Hall–Kier alpha value is -1.26. The fraction of sp³-hybridized carbons (Fsp3) is 0.647. The van der Waals surface area contributed by atoms with Gasteiger partial charge in [0.1, 0.15) is 0 Å². The van der Waals surface area contributed by atoms with Gasteiger partial charge in [-0.3, -0.25) is 0 Å². The van der Waals surface area contributed by atoms with E-state index in [0.717, 1.165) is 30.2 Å². The van der Waals surface area contributed by atoms with Crippen LogP contribution in [0.4, 0.5) is 0 Å². The van der Waals surface area contributed by atoms with Gasteiger partial charge in [-0.25, -0.2) is 0 Å². The summed E-state index contributed by atoms with van der Waals surface area (Å²) < 4.78 is 16.5. The second-order valence-electron chi connectivity index (χ2n) is 5.74. The second kappa shape index (κ2) is 8.25. The molecule has 0 saturated heterocycles. The molecule has 1 fully saturated rings. The van der Waals surface area contributed by atoms with Crippen LogP contribution >= 0.6 is 0 Å². The molecule has 1 aliphatic rings. The van der Waals surface area contributed by atoms with Gasteiger partial charge in [0.2, 0.25) is 0 Å². The summed E-state index contributed by atoms with van der Waals surface area (Å²) in [6.07, 6.45) is 5.11. The number of benzene rings is 1. The first-order valence-corrected chi connectivity index (χ1v) is 7.77. The summed E-state index contributed by atoms with van der Waals surface area (Å²) in [6, 6.07) is 5.91. The number of ether oxygens (including phenoxy) is 3. The van der Waals surface area contributed by atoms with E-state index in [-0.39, 0.29) is 0 Å². The molecular formula is C17H27NO3. The molecule has 0 heterocycles. The molecule has 1 aromatic rings. The van der Waals surface area contributed by atoms with Crippen molar-refractivity contribution in [3.63, 3.8) is 0 Å². The predicted octanol–water partition coefficient (Wildman–Crippen LogP) is 2.99. The molecule has 0 amide bonds. The molecular weight excluding hydrogens is 266 g/mol. The predicted molar refractivity (Wildman–Crippen MR) is 83.7 cm³/mol. The van der Waals surface area contributed by atoms with E-state index in [4.69, 9.17) is 19.9 Å². The summed E-state index contributed by atoms with van der Waals surface area (Å²) in [7, 11) is 3.29. The molecule has 2 N–H and O–H groups in total. The first-order chi connectivity index (χ1) is 10.3. The van der Waals surface area contributed by atoms with Crippen molar-refractivity contribution in [3.8, 4) is 11.5 Å². The highest BCUT2D eigenvalue weighted by atomic mass is 16.5. The van der Waals surface area contributed by atoms with Gasteiger partial charge >= 0.3 is 0 Å². The molecule has 21 heavy (non-hydrogen) atoms. The molecule has 0 aromatic heterocycles. The van der Waals surface area contributed by atoms with Crippen molar-refractivity contribution in [2.75, 3.05) is 27.4 Å². The number of hydrogen-bond acceptors (Lipinski definition) is 4. The van der Waals surface area contributed by atoms with E-state index in [2.05, 4.69) is 0 Å². The zero-order valence-corrected chi connectivity index (χ0v) is 13.1. The van der Waals surface area contributed by atoms with E-state index in [1.165, 1.54) is 25.7 Å². The number of rotatable bonds is 7. The third-order valence-corrected chi connectivity index (χ3v) is 4.42. The van der Waals surface area contributed by atoms with Crippen LogP contribution in [-0.2, 0) is 11.3 Å². The fourth-order valence-corrected chi connectivity index (χ4v) is 3.11. The van der Waals surface area contributed by atoms with Crippen LogP contribution in [0.25, 0.3) is 0 Å². The Morgan fingerprint density at radius 2 is 1.76 bits per heavy atom. The summed E-state index contributed by atoms with van der Waals surface area (Å²) in [6.45, 7) is 2.19. The first-order valence-electron chi connectivity index (χ1n) is 7.77. The van der Waals surface area contributed by atoms with Crippen LogP contribution in [0, 0.1) is 11.8 Å². The van der Waals surface area contributed by atoms with Crippen molar-refractivity contribution in [1.82, 2.24) is 0 Å². The van der Waals surface area contributed by atoms with Crippen LogP contribution < -0.4 is 15.2 Å². The smallest absolute Gasteiger partial charge is 0.161 e. The molecule has 2 atom stereocenters. The molecule has 1 aliphatic carbocycles. The lowest BCUT2D eigenvalue weighted by Gasteiger charge is -2.30. The van der Waals surface area contributed by atoms with Crippen molar-refractivity contribution in [2.45, 2.75) is 32.3 Å². The lowest BCUT2D eigenvalue weighted by Crippen LogP contribution is -2.29. The summed E-state index contributed by atoms with van der Waals surface area (Å²) in [5.41, 5.74) is 6.96. The monoisotopic (exact) mass is 293 g/mol. The van der Waals surface area contributed by atoms with Crippen LogP contribution in [0.3, 0.4) is 0 Å². The molecule has 118 valence electrons. The maximum Gasteiger partial charge on any atom is 0.161 e. The quantitative estimate of drug-likeness (QED) is 0.839. The van der Waals surface area contributed by atoms with Crippen LogP contribution in [0.2, 0.25) is 0 Å². The Morgan fingerprint density at radius 1 is 1.05 bits per heavy atom. The summed E-state index contributed by atoms with van der Waals surface area (Å²) >= 11 is 0. The minimum absolute atomic E-state index is 0.605. The molecule has 0 spiro atoms. The molecule has 4 nitrogen and oxygen atoms in total. The highest BCUT2D eigenvalue weighted by molar-refractivity contribution is 5.42. The Bertz CT molecular complexity index is 436. The van der Waals surface area contributed by atoms with Gasteiger partial charge in [-0.2, -0.15) is 0 Å². The highest BCUT2D eigenvalue weighted by Crippen LogP contribution is 2.30. The van der Waals surface area contributed by atoms with E-state index in [9.17, 15) is 0 Å². The van der Waals surface area contributed by atoms with Crippen molar-refractivity contribution < 1.29 is 14.2 Å². The standard InChI is InChI=1S/C17H27NO3/c1-19-16-8-7-13(9-17(16)20-2)11-21-12-15-6-4-3-5-14(15)10-18/h7-9,14-15H,3-6,10-12,18H2,1-2H3. The fourth-order valence-electron chi connectivity index (χ4n) is 3.11. The van der Waals surface area contributed by atoms with Gasteiger partial charge in [-0.05, 0) is 48.9 Å². The van der Waals surface area contributed by atoms with Gasteiger partial charge in [0.15, 0.2) is 11.5 Å². The summed E-state index contributed by atoms with van der Waals surface area (Å²) in [5, 5.41) is 0. The molecule has 4 heteroatoms. The van der Waals surface area contributed by atoms with E-state index >= 15 is 0 Å². The van der Waals surface area contributed by atoms with E-state index < -0.39 is 0 Å². The van der Waals surface area contributed by atoms with Crippen molar-refractivity contribution in [1.29, 1.82) is 0 Å². The number of hydrogen-bond donors (Lipinski definition) is 1. The molecule has 0 aliphatic heterocycles. The molecule has 1 aromatic carbocycles. The lowest BCUT2D eigenvalue weighted by molar-refractivity contribution is 0.0511. The minimum atomic E-state index is 0.605. The molecule has 0 radical (unpaired) electrons. The Kier molecular flexibility index (Phi) is 6.33. The molecule has 0 bridgehead atoms. The zero-order chi connectivity index (χ0) is 15.1. The minimum Gasteiger partial charge on any atom is -0.493 e. The second-order valence-corrected chi connectivity index (χ2v) is 5.74. The average Bonchev–Trinajstić information content (AvgIpc) is 2.55. The van der Waals surface area contributed by atoms with Gasteiger partial charge in [0, 0.05) is 0 Å². The molecule has 1 saturated carbocycles. The Balaban J connectivity index is 1.85. The first kappa shape index (κ1) is 16.1. The van der Waals surface area contributed by atoms with E-state index in [1.807, 2.05) is 18.2 Å². The van der Waals surface area contributed by atoms with Gasteiger partial charge in [0.25, 0.3) is 0 Å². The van der Waals surface area contributed by atoms with Gasteiger partial charge in [0.05, 0.1) is 27.4 Å². The van der Waals surface area contributed by atoms with Crippen molar-refractivity contribution in [2.24, 2.45) is 17.6 Å². The van der Waals surface area contributed by atoms with E-state index in [1.54, 1.807) is 14.2 Å². The molecule has 2 rings (SSSR count). The van der Waals surface area contributed by atoms with Gasteiger partial charge in [-0.1, -0.05) is 18.9 Å². The maximum atomic E-state index is 5.91. The van der Waals surface area contributed by atoms with Crippen LogP contribution in [0.15, 0.2) is 18.2 Å². The van der Waals surface area contributed by atoms with Crippen LogP contribution in [0.1, 0.15) is 31.2 Å². The SMILES string of the molecule is COc1ccc(COCC2CCCCC2CN)cc1OC. The van der Waals surface area contributed by atoms with E-state index in [0.29, 0.717) is 18.4 Å². The molecule has 2 unspecified atom stereocenters. The zero-order valence-electron chi connectivity index (χ0n) is 13.1. The topological polar surface area (TPSA) is 53.7 Å². The number of methoxy groups -OCH3 is 2. The maximum absolute atomic E-state index is 5.91. The van der Waals surface area contributed by atoms with Gasteiger partial charge < -0.3 is 19.9 Å². The third kappa shape index (κ3) is 4.35. The van der Waals surface area contributed by atoms with Crippen molar-refractivity contribution in [3.05, 3.63) is 23.8 Å². The summed E-state index contributed by atoms with van der Waals surface area (Å²) in [5.74, 6) is 2.74. The normalized spacial score (nSPS) is 22.0. The largest absolute Gasteiger partial charge is 0.493 e. The Morgan fingerprint density at radius 3 is 2.43 bits per heavy atom. The van der Waals surface area contributed by atoms with Gasteiger partial charge in [-0.15, -0.1) is 0 Å². The Labute approximate surface area is 127 Å².